The summed E-state index contributed by atoms with van der Waals surface area (Å²) in [5.74, 6) is -0.508. The van der Waals surface area contributed by atoms with Crippen molar-refractivity contribution in [3.63, 3.8) is 0 Å². The summed E-state index contributed by atoms with van der Waals surface area (Å²) in [6.45, 7) is 1.76. The predicted molar refractivity (Wildman–Crippen MR) is 37.0 cm³/mol. The smallest absolute Gasteiger partial charge is 0.413 e. The quantitative estimate of drug-likeness (QED) is 0.628. The fraction of sp³-hybridized carbons (Fsp3) is 0.667. The first-order valence-electron chi connectivity index (χ1n) is 3.16. The Labute approximate surface area is 64.7 Å². The van der Waals surface area contributed by atoms with Crippen LogP contribution in [0.2, 0.25) is 0 Å². The van der Waals surface area contributed by atoms with Gasteiger partial charge in [0, 0.05) is 7.11 Å². The molecule has 5 nitrogen and oxygen atoms in total. The van der Waals surface area contributed by atoms with Crippen LogP contribution < -0.4 is 5.32 Å². The minimum atomic E-state index is -0.741. The molecule has 2 amide bonds. The van der Waals surface area contributed by atoms with Gasteiger partial charge in [-0.3, -0.25) is 10.1 Å². The van der Waals surface area contributed by atoms with Crippen LogP contribution in [0.5, 0.6) is 0 Å². The van der Waals surface area contributed by atoms with Crippen molar-refractivity contribution in [2.45, 2.75) is 6.92 Å². The van der Waals surface area contributed by atoms with E-state index in [-0.39, 0.29) is 13.2 Å². The highest BCUT2D eigenvalue weighted by Crippen LogP contribution is 1.76. The molecule has 1 N–H and O–H groups in total. The van der Waals surface area contributed by atoms with Gasteiger partial charge in [0.15, 0.2) is 0 Å². The molecule has 0 aromatic carbocycles. The molecule has 0 unspecified atom stereocenters. The summed E-state index contributed by atoms with van der Waals surface area (Å²) in [6, 6.07) is 0. The van der Waals surface area contributed by atoms with Crippen LogP contribution in [0.15, 0.2) is 0 Å². The number of rotatable bonds is 3. The molecule has 0 aliphatic rings. The van der Waals surface area contributed by atoms with Gasteiger partial charge in [-0.05, 0) is 6.92 Å². The SMILES string of the molecule is CCOC(=O)NC(=O)COC. The van der Waals surface area contributed by atoms with Gasteiger partial charge in [0.1, 0.15) is 6.61 Å². The van der Waals surface area contributed by atoms with Crippen LogP contribution in [-0.4, -0.2) is 32.3 Å². The zero-order valence-corrected chi connectivity index (χ0v) is 6.55. The highest BCUT2D eigenvalue weighted by Gasteiger charge is 2.05. The lowest BCUT2D eigenvalue weighted by Crippen LogP contribution is -2.33. The summed E-state index contributed by atoms with van der Waals surface area (Å²) in [7, 11) is 1.37. The number of amides is 2. The van der Waals surface area contributed by atoms with E-state index in [1.807, 2.05) is 5.32 Å². The number of hydrogen-bond acceptors (Lipinski definition) is 4. The average Bonchev–Trinajstić information content (AvgIpc) is 1.87. The van der Waals surface area contributed by atoms with Gasteiger partial charge < -0.3 is 9.47 Å². The number of methoxy groups -OCH3 is 1. The first kappa shape index (κ1) is 9.90. The third kappa shape index (κ3) is 5.35. The minimum absolute atomic E-state index is 0.140. The van der Waals surface area contributed by atoms with Gasteiger partial charge in [-0.15, -0.1) is 0 Å². The largest absolute Gasteiger partial charge is 0.450 e. The fourth-order valence-electron chi connectivity index (χ4n) is 0.448. The van der Waals surface area contributed by atoms with E-state index in [4.69, 9.17) is 0 Å². The van der Waals surface area contributed by atoms with Crippen LogP contribution in [0.4, 0.5) is 4.79 Å². The maximum Gasteiger partial charge on any atom is 0.413 e. The molecule has 0 aliphatic carbocycles. The Morgan fingerprint density at radius 2 is 2.09 bits per heavy atom. The van der Waals surface area contributed by atoms with Crippen LogP contribution in [-0.2, 0) is 14.3 Å². The summed E-state index contributed by atoms with van der Waals surface area (Å²) in [4.78, 5) is 21.1. The maximum atomic E-state index is 10.6. The van der Waals surface area contributed by atoms with Gasteiger partial charge in [-0.1, -0.05) is 0 Å². The predicted octanol–water partition coefficient (Wildman–Crippen LogP) is -0.0945. The first-order valence-corrected chi connectivity index (χ1v) is 3.16. The third-order valence-corrected chi connectivity index (χ3v) is 0.792. The summed E-state index contributed by atoms with van der Waals surface area (Å²) < 4.78 is 8.90. The lowest BCUT2D eigenvalue weighted by atomic mass is 10.6. The van der Waals surface area contributed by atoms with Crippen molar-refractivity contribution in [3.05, 3.63) is 0 Å². The first-order chi connectivity index (χ1) is 5.20. The molecule has 0 bridgehead atoms. The summed E-state index contributed by atoms with van der Waals surface area (Å²) >= 11 is 0. The van der Waals surface area contributed by atoms with Gasteiger partial charge in [0.05, 0.1) is 6.61 Å². The summed E-state index contributed by atoms with van der Waals surface area (Å²) in [6.07, 6.45) is -0.741. The van der Waals surface area contributed by atoms with Crippen molar-refractivity contribution in [3.8, 4) is 0 Å². The molecular formula is C6H11NO4. The second kappa shape index (κ2) is 5.67. The van der Waals surface area contributed by atoms with Crippen molar-refractivity contribution in [2.24, 2.45) is 0 Å². The van der Waals surface area contributed by atoms with Crippen molar-refractivity contribution in [1.29, 1.82) is 0 Å². The Balaban J connectivity index is 3.49. The van der Waals surface area contributed by atoms with E-state index < -0.39 is 12.0 Å². The maximum absolute atomic E-state index is 10.6. The molecule has 0 aromatic heterocycles. The molecule has 0 spiro atoms. The average molecular weight is 161 g/mol. The number of alkyl carbamates (subject to hydrolysis) is 1. The van der Waals surface area contributed by atoms with Gasteiger partial charge >= 0.3 is 6.09 Å². The van der Waals surface area contributed by atoms with Crippen LogP contribution in [0.3, 0.4) is 0 Å². The second-order valence-electron chi connectivity index (χ2n) is 1.70. The minimum Gasteiger partial charge on any atom is -0.450 e. The highest BCUT2D eigenvalue weighted by atomic mass is 16.5. The Kier molecular flexibility index (Phi) is 5.10. The van der Waals surface area contributed by atoms with E-state index in [2.05, 4.69) is 9.47 Å². The monoisotopic (exact) mass is 161 g/mol. The van der Waals surface area contributed by atoms with Crippen LogP contribution in [0.1, 0.15) is 6.92 Å². The third-order valence-electron chi connectivity index (χ3n) is 0.792. The molecule has 5 heteroatoms. The number of imide groups is 1. The van der Waals surface area contributed by atoms with Gasteiger partial charge in [-0.2, -0.15) is 0 Å². The van der Waals surface area contributed by atoms with E-state index >= 15 is 0 Å². The second-order valence-corrected chi connectivity index (χ2v) is 1.70. The standard InChI is InChI=1S/C6H11NO4/c1-3-11-6(9)7-5(8)4-10-2/h3-4H2,1-2H3,(H,7,8,9). The Bertz CT molecular complexity index is 130. The molecule has 0 rings (SSSR count). The van der Waals surface area contributed by atoms with Crippen molar-refractivity contribution < 1.29 is 19.1 Å². The summed E-state index contributed by atoms with van der Waals surface area (Å²) in [5, 5.41) is 1.96. The Morgan fingerprint density at radius 3 is 2.55 bits per heavy atom. The molecule has 0 atom stereocenters. The molecule has 11 heavy (non-hydrogen) atoms. The Hall–Kier alpha value is -1.10. The van der Waals surface area contributed by atoms with E-state index in [1.165, 1.54) is 7.11 Å². The van der Waals surface area contributed by atoms with E-state index in [0.717, 1.165) is 0 Å². The molecule has 0 aromatic rings. The zero-order valence-electron chi connectivity index (χ0n) is 6.55. The molecular weight excluding hydrogens is 150 g/mol. The fourth-order valence-corrected chi connectivity index (χ4v) is 0.448. The molecule has 0 aliphatic heterocycles. The van der Waals surface area contributed by atoms with Crippen LogP contribution >= 0.6 is 0 Å². The Morgan fingerprint density at radius 1 is 1.45 bits per heavy atom. The number of nitrogens with one attached hydrogen (secondary N) is 1. The molecule has 0 heterocycles. The number of hydrogen-bond donors (Lipinski definition) is 1. The van der Waals surface area contributed by atoms with Gasteiger partial charge in [-0.25, -0.2) is 4.79 Å². The lowest BCUT2D eigenvalue weighted by molar-refractivity contribution is -0.124. The lowest BCUT2D eigenvalue weighted by Gasteiger charge is -2.01. The number of carbonyl (C=O) groups excluding carboxylic acids is 2. The van der Waals surface area contributed by atoms with Gasteiger partial charge in [0.25, 0.3) is 5.91 Å². The van der Waals surface area contributed by atoms with Gasteiger partial charge in [0.2, 0.25) is 0 Å². The van der Waals surface area contributed by atoms with Crippen molar-refractivity contribution in [1.82, 2.24) is 5.32 Å². The van der Waals surface area contributed by atoms with E-state index in [9.17, 15) is 9.59 Å². The van der Waals surface area contributed by atoms with E-state index in [1.54, 1.807) is 6.92 Å². The highest BCUT2D eigenvalue weighted by molar-refractivity contribution is 5.92. The molecule has 0 saturated carbocycles. The van der Waals surface area contributed by atoms with E-state index in [0.29, 0.717) is 0 Å². The molecule has 64 valence electrons. The van der Waals surface area contributed by atoms with Crippen molar-refractivity contribution in [2.75, 3.05) is 20.3 Å². The molecule has 0 saturated heterocycles. The van der Waals surface area contributed by atoms with Crippen LogP contribution in [0, 0.1) is 0 Å². The zero-order chi connectivity index (χ0) is 8.69. The summed E-state index contributed by atoms with van der Waals surface area (Å²) in [5.41, 5.74) is 0. The number of carbonyl (C=O) groups is 2. The normalized spacial score (nSPS) is 8.91. The molecule has 0 radical (unpaired) electrons. The molecule has 0 fully saturated rings. The number of ether oxygens (including phenoxy) is 2. The van der Waals surface area contributed by atoms with Crippen LogP contribution in [0.25, 0.3) is 0 Å². The van der Waals surface area contributed by atoms with Crippen molar-refractivity contribution >= 4 is 12.0 Å². The topological polar surface area (TPSA) is 64.6 Å².